The first-order chi connectivity index (χ1) is 25.1. The minimum absolute atomic E-state index is 0.874. The maximum Gasteiger partial charge on any atom is 0.135 e. The van der Waals surface area contributed by atoms with Gasteiger partial charge in [-0.3, -0.25) is 4.99 Å². The summed E-state index contributed by atoms with van der Waals surface area (Å²) in [6.07, 6.45) is 2.14. The van der Waals surface area contributed by atoms with Gasteiger partial charge in [-0.1, -0.05) is 103 Å². The van der Waals surface area contributed by atoms with Crippen molar-refractivity contribution in [1.29, 1.82) is 0 Å². The van der Waals surface area contributed by atoms with Crippen LogP contribution in [-0.2, 0) is 0 Å². The van der Waals surface area contributed by atoms with Crippen LogP contribution in [0, 0.1) is 0 Å². The van der Waals surface area contributed by atoms with Gasteiger partial charge in [-0.25, -0.2) is 0 Å². The summed E-state index contributed by atoms with van der Waals surface area (Å²) in [4.78, 5) is 4.84. The molecule has 51 heavy (non-hydrogen) atoms. The van der Waals surface area contributed by atoms with E-state index in [1.165, 1.54) is 11.1 Å². The van der Waals surface area contributed by atoms with Gasteiger partial charge in [0, 0.05) is 46.9 Å². The van der Waals surface area contributed by atoms with E-state index in [1.54, 1.807) is 0 Å². The lowest BCUT2D eigenvalue weighted by Gasteiger charge is -2.14. The predicted molar refractivity (Wildman–Crippen MR) is 213 cm³/mol. The highest BCUT2D eigenvalue weighted by Gasteiger charge is 2.15. The van der Waals surface area contributed by atoms with E-state index in [9.17, 15) is 0 Å². The summed E-state index contributed by atoms with van der Waals surface area (Å²) in [5.74, 6) is 0. The highest BCUT2D eigenvalue weighted by atomic mass is 16.3. The minimum atomic E-state index is 0.874. The SMILES string of the molecule is C/N=C(\C=C(/NC)c1ccc(-c2ccccc2)cc1)c1cc(-c2ccc3oc4ccccc4c3c2)cc(-c2ccc3oc4ccccc4c3c2)c1. The first-order valence-electron chi connectivity index (χ1n) is 17.2. The second kappa shape index (κ2) is 12.7. The van der Waals surface area contributed by atoms with Gasteiger partial charge in [-0.15, -0.1) is 0 Å². The molecule has 0 bridgehead atoms. The molecule has 0 unspecified atom stereocenters. The first kappa shape index (κ1) is 30.4. The molecule has 0 aliphatic rings. The van der Waals surface area contributed by atoms with Crippen LogP contribution in [0.15, 0.2) is 178 Å². The zero-order valence-corrected chi connectivity index (χ0v) is 28.4. The number of benzene rings is 7. The van der Waals surface area contributed by atoms with Crippen molar-refractivity contribution in [2.75, 3.05) is 14.1 Å². The van der Waals surface area contributed by atoms with Gasteiger partial charge in [0.2, 0.25) is 0 Å². The van der Waals surface area contributed by atoms with Gasteiger partial charge in [0.25, 0.3) is 0 Å². The second-order valence-electron chi connectivity index (χ2n) is 12.8. The van der Waals surface area contributed by atoms with Crippen molar-refractivity contribution in [1.82, 2.24) is 5.32 Å². The van der Waals surface area contributed by atoms with Crippen LogP contribution in [0.2, 0.25) is 0 Å². The van der Waals surface area contributed by atoms with Crippen molar-refractivity contribution in [3.8, 4) is 33.4 Å². The standard InChI is InChI=1S/C47H34N2O2/c1-48-42(32-18-16-31(17-19-32)30-10-4-3-5-11-30)29-43(49-2)37-25-35(33-20-22-46-40(27-33)38-12-6-8-14-44(38)50-46)24-36(26-37)34-21-23-47-41(28-34)39-13-7-9-15-45(39)51-47/h3-29,48H,1-2H3/b42-29-,49-43+. The molecule has 4 heteroatoms. The highest BCUT2D eigenvalue weighted by molar-refractivity contribution is 6.14. The van der Waals surface area contributed by atoms with Gasteiger partial charge < -0.3 is 14.2 Å². The van der Waals surface area contributed by atoms with Crippen LogP contribution in [0.3, 0.4) is 0 Å². The molecule has 0 saturated heterocycles. The topological polar surface area (TPSA) is 50.7 Å². The number of para-hydroxylation sites is 2. The molecule has 0 saturated carbocycles. The Kier molecular flexibility index (Phi) is 7.55. The number of allylic oxidation sites excluding steroid dienone is 1. The monoisotopic (exact) mass is 658 g/mol. The van der Waals surface area contributed by atoms with Crippen LogP contribution in [0.5, 0.6) is 0 Å². The van der Waals surface area contributed by atoms with Crippen LogP contribution in [0.4, 0.5) is 0 Å². The predicted octanol–water partition coefficient (Wildman–Crippen LogP) is 12.2. The van der Waals surface area contributed by atoms with Crippen LogP contribution < -0.4 is 5.32 Å². The molecular formula is C47H34N2O2. The fourth-order valence-corrected chi connectivity index (χ4v) is 7.11. The number of fused-ring (bicyclic) bond motifs is 6. The molecule has 0 aliphatic carbocycles. The van der Waals surface area contributed by atoms with E-state index >= 15 is 0 Å². The molecule has 244 valence electrons. The highest BCUT2D eigenvalue weighted by Crippen LogP contribution is 2.37. The van der Waals surface area contributed by atoms with E-state index in [0.717, 1.165) is 88.7 Å². The summed E-state index contributed by atoms with van der Waals surface area (Å²) in [6, 6.07) is 55.2. The summed E-state index contributed by atoms with van der Waals surface area (Å²) >= 11 is 0. The molecular weight excluding hydrogens is 625 g/mol. The maximum atomic E-state index is 6.17. The van der Waals surface area contributed by atoms with Gasteiger partial charge in [0.1, 0.15) is 22.3 Å². The van der Waals surface area contributed by atoms with Gasteiger partial charge in [-0.05, 0) is 99.6 Å². The molecule has 7 aromatic carbocycles. The fraction of sp³-hybridized carbons (Fsp3) is 0.0426. The molecule has 0 amide bonds. The minimum Gasteiger partial charge on any atom is -0.456 e. The third kappa shape index (κ3) is 5.57. The average Bonchev–Trinajstić information content (AvgIpc) is 3.76. The summed E-state index contributed by atoms with van der Waals surface area (Å²) in [7, 11) is 3.82. The summed E-state index contributed by atoms with van der Waals surface area (Å²) in [5, 5.41) is 7.85. The lowest BCUT2D eigenvalue weighted by Crippen LogP contribution is -2.09. The summed E-state index contributed by atoms with van der Waals surface area (Å²) in [5.41, 5.74) is 14.3. The number of nitrogens with one attached hydrogen (secondary N) is 1. The molecule has 1 N–H and O–H groups in total. The van der Waals surface area contributed by atoms with E-state index in [4.69, 9.17) is 13.8 Å². The number of furan rings is 2. The molecule has 0 fully saturated rings. The number of rotatable bonds is 7. The van der Waals surface area contributed by atoms with Crippen LogP contribution in [0.25, 0.3) is 83.0 Å². The quantitative estimate of drug-likeness (QED) is 0.173. The number of hydrogen-bond acceptors (Lipinski definition) is 4. The summed E-state index contributed by atoms with van der Waals surface area (Å²) < 4.78 is 12.3. The van der Waals surface area contributed by atoms with Crippen molar-refractivity contribution < 1.29 is 8.83 Å². The molecule has 2 heterocycles. The Morgan fingerprint density at radius 2 is 0.941 bits per heavy atom. The van der Waals surface area contributed by atoms with Crippen molar-refractivity contribution in [2.24, 2.45) is 4.99 Å². The Morgan fingerprint density at radius 1 is 0.451 bits per heavy atom. The number of nitrogens with zero attached hydrogens (tertiary/aromatic N) is 1. The normalized spacial score (nSPS) is 12.4. The molecule has 0 atom stereocenters. The van der Waals surface area contributed by atoms with Gasteiger partial charge >= 0.3 is 0 Å². The van der Waals surface area contributed by atoms with E-state index < -0.39 is 0 Å². The van der Waals surface area contributed by atoms with Crippen molar-refractivity contribution >= 4 is 55.3 Å². The smallest absolute Gasteiger partial charge is 0.135 e. The van der Waals surface area contributed by atoms with Crippen molar-refractivity contribution in [3.63, 3.8) is 0 Å². The van der Waals surface area contributed by atoms with Crippen LogP contribution in [-0.4, -0.2) is 19.8 Å². The van der Waals surface area contributed by atoms with Crippen LogP contribution >= 0.6 is 0 Å². The Hall–Kier alpha value is -6.65. The Bertz CT molecular complexity index is 2650. The Labute approximate surface area is 296 Å². The third-order valence-corrected chi connectivity index (χ3v) is 9.74. The van der Waals surface area contributed by atoms with E-state index in [1.807, 2.05) is 44.4 Å². The number of aliphatic imine (C=N–C) groups is 1. The Balaban J connectivity index is 1.18. The Morgan fingerprint density at radius 3 is 1.49 bits per heavy atom. The zero-order chi connectivity index (χ0) is 34.3. The maximum absolute atomic E-state index is 6.17. The third-order valence-electron chi connectivity index (χ3n) is 9.74. The van der Waals surface area contributed by atoms with E-state index in [-0.39, 0.29) is 0 Å². The molecule has 9 aromatic rings. The molecule has 0 spiro atoms. The van der Waals surface area contributed by atoms with Gasteiger partial charge in [0.05, 0.1) is 5.71 Å². The molecule has 9 rings (SSSR count). The largest absolute Gasteiger partial charge is 0.456 e. The molecule has 0 aliphatic heterocycles. The van der Waals surface area contributed by atoms with Crippen LogP contribution in [0.1, 0.15) is 11.1 Å². The molecule has 4 nitrogen and oxygen atoms in total. The summed E-state index contributed by atoms with van der Waals surface area (Å²) in [6.45, 7) is 0. The van der Waals surface area contributed by atoms with Gasteiger partial charge in [0.15, 0.2) is 0 Å². The second-order valence-corrected chi connectivity index (χ2v) is 12.8. The van der Waals surface area contributed by atoms with E-state index in [0.29, 0.717) is 0 Å². The van der Waals surface area contributed by atoms with Crippen molar-refractivity contribution in [3.05, 3.63) is 175 Å². The zero-order valence-electron chi connectivity index (χ0n) is 28.4. The lowest BCUT2D eigenvalue weighted by atomic mass is 9.92. The number of hydrogen-bond donors (Lipinski definition) is 1. The van der Waals surface area contributed by atoms with Crippen molar-refractivity contribution in [2.45, 2.75) is 0 Å². The fourth-order valence-electron chi connectivity index (χ4n) is 7.11. The molecule has 0 radical (unpaired) electrons. The van der Waals surface area contributed by atoms with E-state index in [2.05, 4.69) is 139 Å². The van der Waals surface area contributed by atoms with Gasteiger partial charge in [-0.2, -0.15) is 0 Å². The average molecular weight is 659 g/mol. The lowest BCUT2D eigenvalue weighted by molar-refractivity contribution is 0.668. The molecule has 2 aromatic heterocycles. The first-order valence-corrected chi connectivity index (χ1v) is 17.2.